The summed E-state index contributed by atoms with van der Waals surface area (Å²) in [5, 5.41) is 5.26. The number of nitrogens with two attached hydrogens (primary N) is 2. The van der Waals surface area contributed by atoms with Crippen LogP contribution in [-0.4, -0.2) is 23.1 Å². The van der Waals surface area contributed by atoms with Gasteiger partial charge in [-0.25, -0.2) is 4.39 Å². The number of nitrogens with one attached hydrogen (secondary N) is 1. The van der Waals surface area contributed by atoms with Crippen LogP contribution in [0, 0.1) is 5.82 Å². The van der Waals surface area contributed by atoms with Crippen molar-refractivity contribution in [2.24, 2.45) is 16.5 Å². The third-order valence-electron chi connectivity index (χ3n) is 5.80. The average molecular weight is 446 g/mol. The predicted molar refractivity (Wildman–Crippen MR) is 130 cm³/mol. The quantitative estimate of drug-likeness (QED) is 0.436. The van der Waals surface area contributed by atoms with Crippen molar-refractivity contribution >= 4 is 34.2 Å². The first-order chi connectivity index (χ1) is 14.9. The smallest absolute Gasteiger partial charge is 0.185 e. The molecule has 0 aliphatic heterocycles. The van der Waals surface area contributed by atoms with Crippen LogP contribution in [0.5, 0.6) is 0 Å². The molecule has 0 bridgehead atoms. The highest BCUT2D eigenvalue weighted by Crippen LogP contribution is 2.36. The van der Waals surface area contributed by atoms with E-state index >= 15 is 4.39 Å². The van der Waals surface area contributed by atoms with Gasteiger partial charge >= 0.3 is 0 Å². The molecule has 1 aromatic carbocycles. The molecule has 4 rings (SSSR count). The van der Waals surface area contributed by atoms with Crippen LogP contribution in [0.1, 0.15) is 51.3 Å². The van der Waals surface area contributed by atoms with Crippen molar-refractivity contribution in [1.82, 2.24) is 4.57 Å². The number of anilines is 1. The summed E-state index contributed by atoms with van der Waals surface area (Å²) in [5.41, 5.74) is 15.9. The molecule has 1 unspecified atom stereocenters. The van der Waals surface area contributed by atoms with Crippen LogP contribution in [0.3, 0.4) is 0 Å². The molecular weight excluding hydrogens is 413 g/mol. The van der Waals surface area contributed by atoms with Crippen molar-refractivity contribution in [2.75, 3.05) is 11.9 Å². The van der Waals surface area contributed by atoms with E-state index in [4.69, 9.17) is 23.1 Å². The van der Waals surface area contributed by atoms with E-state index < -0.39 is 0 Å². The maximum absolute atomic E-state index is 15.3. The summed E-state index contributed by atoms with van der Waals surface area (Å²) in [6.07, 6.45) is 8.99. The lowest BCUT2D eigenvalue weighted by Gasteiger charge is -2.20. The molecule has 1 heterocycles. The molecule has 5 nitrogen and oxygen atoms in total. The largest absolute Gasteiger partial charge is 0.378 e. The first kappa shape index (κ1) is 23.2. The molecule has 0 radical (unpaired) electrons. The second-order valence-electron chi connectivity index (χ2n) is 7.85. The molecule has 2 aliphatic carbocycles. The molecule has 5 N–H and O–H groups in total. The zero-order valence-corrected chi connectivity index (χ0v) is 19.4. The minimum absolute atomic E-state index is 0.0582. The van der Waals surface area contributed by atoms with Crippen molar-refractivity contribution in [1.29, 1.82) is 0 Å². The lowest BCUT2D eigenvalue weighted by atomic mass is 9.95. The van der Waals surface area contributed by atoms with E-state index in [9.17, 15) is 0 Å². The lowest BCUT2D eigenvalue weighted by Crippen LogP contribution is -2.23. The molecule has 0 saturated carbocycles. The molecule has 1 aromatic heterocycles. The van der Waals surface area contributed by atoms with Crippen molar-refractivity contribution < 1.29 is 4.39 Å². The number of halogens is 2. The number of hydrogen-bond donors (Lipinski definition) is 3. The van der Waals surface area contributed by atoms with Crippen molar-refractivity contribution in [3.63, 3.8) is 0 Å². The predicted octanol–water partition coefficient (Wildman–Crippen LogP) is 5.21. The molecule has 168 valence electrons. The van der Waals surface area contributed by atoms with E-state index in [1.54, 1.807) is 6.07 Å². The summed E-state index contributed by atoms with van der Waals surface area (Å²) in [5.74, 6) is -0.160. The first-order valence-corrected chi connectivity index (χ1v) is 11.5. The number of aliphatic imine (C=N–C) groups is 1. The molecule has 0 fully saturated rings. The van der Waals surface area contributed by atoms with E-state index in [-0.39, 0.29) is 17.8 Å². The Morgan fingerprint density at radius 2 is 2.00 bits per heavy atom. The monoisotopic (exact) mass is 445 g/mol. The van der Waals surface area contributed by atoms with E-state index in [1.165, 1.54) is 11.3 Å². The number of aryl methyl sites for hydroxylation is 1. The number of guanidine groups is 1. The Balaban J connectivity index is 0.00000132. The molecule has 2 aliphatic rings. The minimum Gasteiger partial charge on any atom is -0.378 e. The Labute approximate surface area is 189 Å². The SMILES string of the molecule is CC.CC1=C(Cl)CC(Nc2cc(F)c3c(c2)c2c(n3CCN=C(N)N)CCCC2)C=C1. The van der Waals surface area contributed by atoms with E-state index in [0.717, 1.165) is 47.4 Å². The van der Waals surface area contributed by atoms with Crippen molar-refractivity contribution in [3.8, 4) is 0 Å². The lowest BCUT2D eigenvalue weighted by molar-refractivity contribution is 0.597. The fraction of sp³-hybridized carbons (Fsp3) is 0.458. The van der Waals surface area contributed by atoms with Gasteiger partial charge in [-0.2, -0.15) is 0 Å². The summed E-state index contributed by atoms with van der Waals surface area (Å²) in [6.45, 7) is 7.01. The van der Waals surface area contributed by atoms with Crippen LogP contribution in [0.25, 0.3) is 10.9 Å². The van der Waals surface area contributed by atoms with Gasteiger partial charge in [-0.05, 0) is 55.9 Å². The second kappa shape index (κ2) is 10.2. The normalized spacial score (nSPS) is 17.8. The van der Waals surface area contributed by atoms with Crippen LogP contribution in [0.4, 0.5) is 10.1 Å². The highest BCUT2D eigenvalue weighted by molar-refractivity contribution is 6.30. The van der Waals surface area contributed by atoms with Gasteiger partial charge in [-0.3, -0.25) is 4.99 Å². The van der Waals surface area contributed by atoms with Gasteiger partial charge < -0.3 is 21.4 Å². The van der Waals surface area contributed by atoms with Crippen LogP contribution in [0.15, 0.2) is 39.9 Å². The Morgan fingerprint density at radius 1 is 1.26 bits per heavy atom. The van der Waals surface area contributed by atoms with Crippen LogP contribution in [0.2, 0.25) is 0 Å². The van der Waals surface area contributed by atoms with Gasteiger partial charge in [0.15, 0.2) is 5.96 Å². The highest BCUT2D eigenvalue weighted by atomic mass is 35.5. The highest BCUT2D eigenvalue weighted by Gasteiger charge is 2.23. The van der Waals surface area contributed by atoms with Crippen molar-refractivity contribution in [3.05, 3.63) is 52.0 Å². The first-order valence-electron chi connectivity index (χ1n) is 11.1. The Morgan fingerprint density at radius 3 is 2.71 bits per heavy atom. The molecule has 0 saturated heterocycles. The standard InChI is InChI=1S/C22H27ClFN5.C2H6/c1-13-6-7-14(11-18(13)23)28-15-10-17-16-4-2-3-5-20(16)29(9-8-27-22(25)26)21(17)19(24)12-15;1-2/h6-7,10,12,14,28H,2-5,8-9,11H2,1H3,(H4,25,26,27);1-2H3. The third kappa shape index (κ3) is 5.06. The van der Waals surface area contributed by atoms with E-state index in [2.05, 4.69) is 27.0 Å². The summed E-state index contributed by atoms with van der Waals surface area (Å²) in [4.78, 5) is 4.09. The summed E-state index contributed by atoms with van der Waals surface area (Å²) >= 11 is 6.31. The fourth-order valence-corrected chi connectivity index (χ4v) is 4.64. The Bertz CT molecular complexity index is 1030. The maximum Gasteiger partial charge on any atom is 0.185 e. The second-order valence-corrected chi connectivity index (χ2v) is 8.30. The number of fused-ring (bicyclic) bond motifs is 3. The van der Waals surface area contributed by atoms with Gasteiger partial charge in [0.05, 0.1) is 12.1 Å². The molecule has 0 amide bonds. The Hall–Kier alpha value is -2.47. The van der Waals surface area contributed by atoms with Crippen molar-refractivity contribution in [2.45, 2.75) is 65.5 Å². The number of nitrogens with zero attached hydrogens (tertiary/aromatic N) is 2. The maximum atomic E-state index is 15.3. The number of benzene rings is 1. The molecule has 2 aromatic rings. The van der Waals surface area contributed by atoms with E-state index in [1.807, 2.05) is 26.8 Å². The molecular formula is C24H33ClFN5. The molecule has 31 heavy (non-hydrogen) atoms. The van der Waals surface area contributed by atoms with Crippen LogP contribution >= 0.6 is 11.6 Å². The van der Waals surface area contributed by atoms with Gasteiger partial charge in [0.25, 0.3) is 0 Å². The van der Waals surface area contributed by atoms with Gasteiger partial charge in [0.2, 0.25) is 0 Å². The van der Waals surface area contributed by atoms with Crippen LogP contribution in [-0.2, 0) is 19.4 Å². The number of hydrogen-bond acceptors (Lipinski definition) is 2. The average Bonchev–Trinajstić information content (AvgIpc) is 3.06. The molecule has 1 atom stereocenters. The zero-order valence-electron chi connectivity index (χ0n) is 18.6. The van der Waals surface area contributed by atoms with Gasteiger partial charge in [0, 0.05) is 40.8 Å². The number of aromatic nitrogens is 1. The van der Waals surface area contributed by atoms with Gasteiger partial charge in [0.1, 0.15) is 5.82 Å². The molecule has 0 spiro atoms. The van der Waals surface area contributed by atoms with Crippen LogP contribution < -0.4 is 16.8 Å². The van der Waals surface area contributed by atoms with E-state index in [0.29, 0.717) is 25.0 Å². The molecule has 7 heteroatoms. The fourth-order valence-electron chi connectivity index (χ4n) is 4.41. The van der Waals surface area contributed by atoms with Gasteiger partial charge in [-0.15, -0.1) is 0 Å². The number of rotatable bonds is 5. The van der Waals surface area contributed by atoms with Gasteiger partial charge in [-0.1, -0.05) is 37.6 Å². The third-order valence-corrected chi connectivity index (χ3v) is 6.25. The topological polar surface area (TPSA) is 81.4 Å². The number of allylic oxidation sites excluding steroid dienone is 2. The zero-order chi connectivity index (χ0) is 22.5. The Kier molecular flexibility index (Phi) is 7.65. The summed E-state index contributed by atoms with van der Waals surface area (Å²) in [7, 11) is 0. The summed E-state index contributed by atoms with van der Waals surface area (Å²) < 4.78 is 17.3. The minimum atomic E-state index is -0.221. The summed E-state index contributed by atoms with van der Waals surface area (Å²) in [6, 6.07) is 3.72.